The molecule has 2 aromatic carbocycles. The molecular formula is C17H19N3. The molecule has 0 aliphatic heterocycles. The summed E-state index contributed by atoms with van der Waals surface area (Å²) in [5.74, 6) is 0.882. The van der Waals surface area contributed by atoms with Crippen LogP contribution in [0.4, 0.5) is 0 Å². The molecule has 1 unspecified atom stereocenters. The molecule has 0 spiro atoms. The molecule has 0 fully saturated rings. The van der Waals surface area contributed by atoms with Gasteiger partial charge in [-0.2, -0.15) is 0 Å². The number of benzene rings is 2. The molecule has 1 atom stereocenters. The second kappa shape index (κ2) is 4.46. The number of hydrogen-bond donors (Lipinski definition) is 1. The monoisotopic (exact) mass is 265 g/mol. The zero-order valence-corrected chi connectivity index (χ0v) is 12.1. The lowest BCUT2D eigenvalue weighted by Gasteiger charge is -2.24. The van der Waals surface area contributed by atoms with Crippen LogP contribution in [0.1, 0.15) is 23.9 Å². The van der Waals surface area contributed by atoms with Crippen LogP contribution in [0, 0.1) is 6.92 Å². The van der Waals surface area contributed by atoms with Crippen LogP contribution in [0.15, 0.2) is 48.5 Å². The molecule has 0 amide bonds. The van der Waals surface area contributed by atoms with Gasteiger partial charge in [0.05, 0.1) is 16.6 Å². The summed E-state index contributed by atoms with van der Waals surface area (Å²) in [7, 11) is 2.03. The van der Waals surface area contributed by atoms with Crippen LogP contribution >= 0.6 is 0 Å². The molecule has 0 radical (unpaired) electrons. The van der Waals surface area contributed by atoms with Gasteiger partial charge in [0.25, 0.3) is 0 Å². The van der Waals surface area contributed by atoms with Crippen molar-refractivity contribution in [3.8, 4) is 0 Å². The third-order valence-electron chi connectivity index (χ3n) is 3.93. The van der Waals surface area contributed by atoms with E-state index in [0.29, 0.717) is 0 Å². The van der Waals surface area contributed by atoms with E-state index in [1.807, 2.05) is 56.4 Å². The summed E-state index contributed by atoms with van der Waals surface area (Å²) in [6.07, 6.45) is 0. The van der Waals surface area contributed by atoms with E-state index in [1.165, 1.54) is 5.56 Å². The molecule has 0 aliphatic carbocycles. The van der Waals surface area contributed by atoms with Gasteiger partial charge in [-0.1, -0.05) is 42.5 Å². The lowest BCUT2D eigenvalue weighted by molar-refractivity contribution is 0.538. The van der Waals surface area contributed by atoms with Gasteiger partial charge in [0.1, 0.15) is 5.82 Å². The highest BCUT2D eigenvalue weighted by Gasteiger charge is 2.29. The van der Waals surface area contributed by atoms with Crippen LogP contribution in [0.3, 0.4) is 0 Å². The van der Waals surface area contributed by atoms with Gasteiger partial charge in [-0.3, -0.25) is 0 Å². The largest absolute Gasteiger partial charge is 0.329 e. The average Bonchev–Trinajstić information content (AvgIpc) is 2.79. The van der Waals surface area contributed by atoms with E-state index in [2.05, 4.69) is 17.6 Å². The predicted molar refractivity (Wildman–Crippen MR) is 82.5 cm³/mol. The van der Waals surface area contributed by atoms with Gasteiger partial charge in [-0.15, -0.1) is 0 Å². The molecule has 0 bridgehead atoms. The molecule has 0 saturated heterocycles. The maximum atomic E-state index is 6.59. The minimum absolute atomic E-state index is 0.610. The lowest BCUT2D eigenvalue weighted by Crippen LogP contribution is -2.37. The number of aryl methyl sites for hydroxylation is 2. The Balaban J connectivity index is 2.25. The van der Waals surface area contributed by atoms with Crippen molar-refractivity contribution in [3.63, 3.8) is 0 Å². The Hall–Kier alpha value is -2.13. The number of rotatable bonds is 2. The van der Waals surface area contributed by atoms with Crippen LogP contribution in [-0.2, 0) is 12.6 Å². The molecule has 3 heteroatoms. The number of aromatic nitrogens is 2. The molecule has 0 aliphatic rings. The number of para-hydroxylation sites is 1. The topological polar surface area (TPSA) is 43.8 Å². The fourth-order valence-corrected chi connectivity index (χ4v) is 2.84. The van der Waals surface area contributed by atoms with E-state index in [0.717, 1.165) is 22.4 Å². The van der Waals surface area contributed by atoms with E-state index in [9.17, 15) is 0 Å². The van der Waals surface area contributed by atoms with Crippen LogP contribution in [0.2, 0.25) is 0 Å². The van der Waals surface area contributed by atoms with Gasteiger partial charge in [-0.05, 0) is 31.0 Å². The fourth-order valence-electron chi connectivity index (χ4n) is 2.84. The van der Waals surface area contributed by atoms with Crippen molar-refractivity contribution in [1.29, 1.82) is 0 Å². The molecular weight excluding hydrogens is 246 g/mol. The maximum Gasteiger partial charge on any atom is 0.134 e. The van der Waals surface area contributed by atoms with Crippen molar-refractivity contribution in [2.45, 2.75) is 19.4 Å². The highest BCUT2D eigenvalue weighted by Crippen LogP contribution is 2.29. The third kappa shape index (κ3) is 1.82. The van der Waals surface area contributed by atoms with Gasteiger partial charge in [0, 0.05) is 7.05 Å². The first-order valence-electron chi connectivity index (χ1n) is 6.79. The normalized spacial score (nSPS) is 14.4. The summed E-state index contributed by atoms with van der Waals surface area (Å²) in [5, 5.41) is 0. The van der Waals surface area contributed by atoms with Crippen molar-refractivity contribution in [2.75, 3.05) is 0 Å². The second-order valence-corrected chi connectivity index (χ2v) is 5.51. The number of hydrogen-bond acceptors (Lipinski definition) is 2. The molecule has 3 aromatic rings. The number of imidazole rings is 1. The number of fused-ring (bicyclic) bond motifs is 1. The Morgan fingerprint density at radius 1 is 1.05 bits per heavy atom. The summed E-state index contributed by atoms with van der Waals surface area (Å²) >= 11 is 0. The molecule has 1 aromatic heterocycles. The van der Waals surface area contributed by atoms with E-state index in [4.69, 9.17) is 10.7 Å². The summed E-state index contributed by atoms with van der Waals surface area (Å²) in [4.78, 5) is 4.76. The third-order valence-corrected chi connectivity index (χ3v) is 3.93. The summed E-state index contributed by atoms with van der Waals surface area (Å²) in [6.45, 7) is 4.11. The molecule has 2 N–H and O–H groups in total. The molecule has 1 heterocycles. The molecule has 3 nitrogen and oxygen atoms in total. The Kier molecular flexibility index (Phi) is 2.87. The molecule has 3 rings (SSSR count). The van der Waals surface area contributed by atoms with Gasteiger partial charge in [-0.25, -0.2) is 4.98 Å². The Labute approximate surface area is 119 Å². The van der Waals surface area contributed by atoms with Gasteiger partial charge in [0.2, 0.25) is 0 Å². The van der Waals surface area contributed by atoms with Gasteiger partial charge >= 0.3 is 0 Å². The minimum Gasteiger partial charge on any atom is -0.329 e. The van der Waals surface area contributed by atoms with E-state index in [1.54, 1.807) is 0 Å². The Morgan fingerprint density at radius 3 is 2.40 bits per heavy atom. The van der Waals surface area contributed by atoms with Crippen molar-refractivity contribution in [2.24, 2.45) is 12.8 Å². The molecule has 102 valence electrons. The van der Waals surface area contributed by atoms with E-state index in [-0.39, 0.29) is 0 Å². The summed E-state index contributed by atoms with van der Waals surface area (Å²) < 4.78 is 2.11. The van der Waals surface area contributed by atoms with Crippen LogP contribution in [0.5, 0.6) is 0 Å². The zero-order valence-electron chi connectivity index (χ0n) is 12.1. The maximum absolute atomic E-state index is 6.59. The zero-order chi connectivity index (χ0) is 14.3. The first kappa shape index (κ1) is 12.9. The predicted octanol–water partition coefficient (Wildman–Crippen LogP) is 3.10. The van der Waals surface area contributed by atoms with Gasteiger partial charge < -0.3 is 10.3 Å². The van der Waals surface area contributed by atoms with Crippen molar-refractivity contribution < 1.29 is 0 Å². The second-order valence-electron chi connectivity index (χ2n) is 5.51. The summed E-state index contributed by atoms with van der Waals surface area (Å²) in [5.41, 5.74) is 10.4. The molecule has 0 saturated carbocycles. The highest BCUT2D eigenvalue weighted by atomic mass is 15.1. The minimum atomic E-state index is -0.610. The quantitative estimate of drug-likeness (QED) is 0.773. The SMILES string of the molecule is Cc1cccc2nc(C(C)(N)c3ccccc3)n(C)c12. The van der Waals surface area contributed by atoms with Crippen molar-refractivity contribution in [1.82, 2.24) is 9.55 Å². The van der Waals surface area contributed by atoms with Crippen LogP contribution in [-0.4, -0.2) is 9.55 Å². The highest BCUT2D eigenvalue weighted by molar-refractivity contribution is 5.79. The summed E-state index contributed by atoms with van der Waals surface area (Å²) in [6, 6.07) is 16.3. The van der Waals surface area contributed by atoms with Gasteiger partial charge in [0.15, 0.2) is 0 Å². The Morgan fingerprint density at radius 2 is 1.75 bits per heavy atom. The lowest BCUT2D eigenvalue weighted by atomic mass is 9.92. The van der Waals surface area contributed by atoms with Crippen LogP contribution < -0.4 is 5.73 Å². The Bertz CT molecular complexity index is 755. The van der Waals surface area contributed by atoms with Crippen molar-refractivity contribution >= 4 is 11.0 Å². The standard InChI is InChI=1S/C17H19N3/c1-12-8-7-11-14-15(12)20(3)16(19-14)17(2,18)13-9-5-4-6-10-13/h4-11H,18H2,1-3H3. The fraction of sp³-hybridized carbons (Fsp3) is 0.235. The first-order chi connectivity index (χ1) is 9.51. The van der Waals surface area contributed by atoms with Crippen LogP contribution in [0.25, 0.3) is 11.0 Å². The first-order valence-corrected chi connectivity index (χ1v) is 6.79. The molecule has 20 heavy (non-hydrogen) atoms. The number of nitrogens with two attached hydrogens (primary N) is 1. The van der Waals surface area contributed by atoms with E-state index < -0.39 is 5.54 Å². The van der Waals surface area contributed by atoms with Crippen molar-refractivity contribution in [3.05, 3.63) is 65.5 Å². The number of nitrogens with zero attached hydrogens (tertiary/aromatic N) is 2. The smallest absolute Gasteiger partial charge is 0.134 e. The van der Waals surface area contributed by atoms with E-state index >= 15 is 0 Å². The average molecular weight is 265 g/mol.